The van der Waals surface area contributed by atoms with Gasteiger partial charge in [-0.05, 0) is 24.6 Å². The summed E-state index contributed by atoms with van der Waals surface area (Å²) in [4.78, 5) is 22.9. The number of nitrogens with one attached hydrogen (secondary N) is 1. The number of amides is 1. The van der Waals surface area contributed by atoms with Gasteiger partial charge in [0.2, 0.25) is 0 Å². The topological polar surface area (TPSA) is 66.4 Å². The number of carbonyl (C=O) groups excluding carboxylic acids is 2. The van der Waals surface area contributed by atoms with Gasteiger partial charge in [0.1, 0.15) is 5.78 Å². The van der Waals surface area contributed by atoms with Crippen molar-refractivity contribution in [2.45, 2.75) is 18.9 Å². The molecule has 1 amide bonds. The second-order valence-corrected chi connectivity index (χ2v) is 4.74. The Kier molecular flexibility index (Phi) is 4.42. The molecule has 1 aromatic rings. The molecule has 92 valence electrons. The second-order valence-electron chi connectivity index (χ2n) is 3.83. The van der Waals surface area contributed by atoms with E-state index in [2.05, 4.69) is 21.2 Å². The molecule has 0 saturated heterocycles. The lowest BCUT2D eigenvalue weighted by Gasteiger charge is -2.25. The third-order valence-electron chi connectivity index (χ3n) is 2.41. The number of carbonyl (C=O) groups is 2. The molecular formula is C12H14BrNO3. The first-order valence-corrected chi connectivity index (χ1v) is 5.89. The fourth-order valence-electron chi connectivity index (χ4n) is 1.63. The van der Waals surface area contributed by atoms with E-state index in [1.807, 2.05) is 0 Å². The minimum Gasteiger partial charge on any atom is -0.375 e. The maximum atomic E-state index is 11.8. The molecule has 0 saturated carbocycles. The highest BCUT2D eigenvalue weighted by atomic mass is 79.9. The number of rotatable bonds is 4. The van der Waals surface area contributed by atoms with Gasteiger partial charge in [-0.1, -0.05) is 28.1 Å². The molecule has 0 radical (unpaired) electrons. The van der Waals surface area contributed by atoms with Crippen LogP contribution in [0.25, 0.3) is 0 Å². The Hall–Kier alpha value is -1.20. The second kappa shape index (κ2) is 5.42. The largest absolute Gasteiger partial charge is 0.375 e. The summed E-state index contributed by atoms with van der Waals surface area (Å²) in [5, 5.41) is 12.8. The molecule has 17 heavy (non-hydrogen) atoms. The third kappa shape index (κ3) is 3.14. The van der Waals surface area contributed by atoms with E-state index in [9.17, 15) is 14.7 Å². The summed E-state index contributed by atoms with van der Waals surface area (Å²) >= 11 is 3.26. The molecule has 5 heteroatoms. The number of halogens is 1. The normalized spacial score (nSPS) is 13.9. The maximum absolute atomic E-state index is 11.8. The molecule has 0 aromatic heterocycles. The van der Waals surface area contributed by atoms with E-state index in [-0.39, 0.29) is 12.2 Å². The van der Waals surface area contributed by atoms with Crippen LogP contribution >= 0.6 is 15.9 Å². The number of hydrogen-bond acceptors (Lipinski definition) is 3. The molecule has 4 nitrogen and oxygen atoms in total. The fourth-order valence-corrected chi connectivity index (χ4v) is 2.03. The number of aliphatic hydroxyl groups is 1. The number of benzene rings is 1. The Labute approximate surface area is 108 Å². The van der Waals surface area contributed by atoms with Crippen molar-refractivity contribution in [2.24, 2.45) is 0 Å². The van der Waals surface area contributed by atoms with Crippen LogP contribution in [0.5, 0.6) is 0 Å². The van der Waals surface area contributed by atoms with E-state index in [0.29, 0.717) is 5.56 Å². The van der Waals surface area contributed by atoms with Crippen LogP contribution in [0.4, 0.5) is 0 Å². The van der Waals surface area contributed by atoms with Gasteiger partial charge in [0, 0.05) is 17.9 Å². The summed E-state index contributed by atoms with van der Waals surface area (Å²) in [5.41, 5.74) is -1.42. The predicted octanol–water partition coefficient (Wildman–Crippen LogP) is 1.36. The van der Waals surface area contributed by atoms with Gasteiger partial charge in [-0.25, -0.2) is 0 Å². The van der Waals surface area contributed by atoms with Crippen molar-refractivity contribution in [1.82, 2.24) is 5.32 Å². The van der Waals surface area contributed by atoms with Crippen molar-refractivity contribution in [1.29, 1.82) is 0 Å². The standard InChI is InChI=1S/C12H14BrNO3/c1-8(15)7-12(17,11(16)14-2)9-4-3-5-10(13)6-9/h3-6,17H,7H2,1-2H3,(H,14,16). The highest BCUT2D eigenvalue weighted by Crippen LogP contribution is 2.28. The molecule has 1 unspecified atom stereocenters. The number of Topliss-reactive ketones (excluding diaryl/α,β-unsaturated/α-hetero) is 1. The van der Waals surface area contributed by atoms with Crippen LogP contribution < -0.4 is 5.32 Å². The van der Waals surface area contributed by atoms with Crippen LogP contribution in [0.2, 0.25) is 0 Å². The van der Waals surface area contributed by atoms with Gasteiger partial charge >= 0.3 is 0 Å². The lowest BCUT2D eigenvalue weighted by molar-refractivity contribution is -0.145. The minimum absolute atomic E-state index is 0.247. The molecule has 1 rings (SSSR count). The maximum Gasteiger partial charge on any atom is 0.256 e. The number of hydrogen-bond donors (Lipinski definition) is 2. The lowest BCUT2D eigenvalue weighted by Crippen LogP contribution is -2.44. The van der Waals surface area contributed by atoms with Crippen molar-refractivity contribution in [2.75, 3.05) is 7.05 Å². The van der Waals surface area contributed by atoms with Crippen LogP contribution in [0, 0.1) is 0 Å². The zero-order chi connectivity index (χ0) is 13.1. The quantitative estimate of drug-likeness (QED) is 0.882. The van der Waals surface area contributed by atoms with Gasteiger partial charge in [-0.15, -0.1) is 0 Å². The molecule has 0 aliphatic rings. The molecule has 1 atom stereocenters. The molecular weight excluding hydrogens is 286 g/mol. The first-order valence-electron chi connectivity index (χ1n) is 5.10. The molecule has 2 N–H and O–H groups in total. The first kappa shape index (κ1) is 13.9. The van der Waals surface area contributed by atoms with Gasteiger partial charge in [0.15, 0.2) is 5.60 Å². The SMILES string of the molecule is CNC(=O)C(O)(CC(C)=O)c1cccc(Br)c1. The summed E-state index contributed by atoms with van der Waals surface area (Å²) in [5.74, 6) is -0.845. The Bertz CT molecular complexity index is 447. The van der Waals surface area contributed by atoms with Gasteiger partial charge in [-0.2, -0.15) is 0 Å². The van der Waals surface area contributed by atoms with Crippen molar-refractivity contribution >= 4 is 27.6 Å². The molecule has 0 spiro atoms. The Morgan fingerprint density at radius 2 is 2.12 bits per heavy atom. The highest BCUT2D eigenvalue weighted by Gasteiger charge is 2.38. The number of likely N-dealkylation sites (N-methyl/N-ethyl adjacent to an activating group) is 1. The zero-order valence-corrected chi connectivity index (χ0v) is 11.2. The first-order chi connectivity index (χ1) is 7.90. The smallest absolute Gasteiger partial charge is 0.256 e. The van der Waals surface area contributed by atoms with Gasteiger partial charge < -0.3 is 10.4 Å². The van der Waals surface area contributed by atoms with Crippen molar-refractivity contribution in [3.63, 3.8) is 0 Å². The Morgan fingerprint density at radius 1 is 1.47 bits per heavy atom. The molecule has 0 fully saturated rings. The van der Waals surface area contributed by atoms with E-state index in [4.69, 9.17) is 0 Å². The minimum atomic E-state index is -1.82. The Balaban J connectivity index is 3.23. The molecule has 0 heterocycles. The van der Waals surface area contributed by atoms with Gasteiger partial charge in [0.25, 0.3) is 5.91 Å². The van der Waals surface area contributed by atoms with Crippen molar-refractivity contribution in [3.8, 4) is 0 Å². The van der Waals surface area contributed by atoms with E-state index < -0.39 is 11.5 Å². The predicted molar refractivity (Wildman–Crippen MR) is 67.4 cm³/mol. The average molecular weight is 300 g/mol. The highest BCUT2D eigenvalue weighted by molar-refractivity contribution is 9.10. The number of ketones is 1. The fraction of sp³-hybridized carbons (Fsp3) is 0.333. The summed E-state index contributed by atoms with van der Waals surface area (Å²) < 4.78 is 0.737. The zero-order valence-electron chi connectivity index (χ0n) is 9.66. The van der Waals surface area contributed by atoms with Gasteiger partial charge in [0.05, 0.1) is 0 Å². The van der Waals surface area contributed by atoms with E-state index >= 15 is 0 Å². The van der Waals surface area contributed by atoms with Crippen LogP contribution in [0.1, 0.15) is 18.9 Å². The molecule has 0 bridgehead atoms. The van der Waals surface area contributed by atoms with E-state index in [0.717, 1.165) is 4.47 Å². The summed E-state index contributed by atoms with van der Waals surface area (Å²) in [6.45, 7) is 1.34. The monoisotopic (exact) mass is 299 g/mol. The van der Waals surface area contributed by atoms with Crippen LogP contribution in [-0.4, -0.2) is 23.8 Å². The Morgan fingerprint density at radius 3 is 2.59 bits per heavy atom. The van der Waals surface area contributed by atoms with Crippen LogP contribution in [-0.2, 0) is 15.2 Å². The van der Waals surface area contributed by atoms with Gasteiger partial charge in [-0.3, -0.25) is 9.59 Å². The van der Waals surface area contributed by atoms with Crippen molar-refractivity contribution < 1.29 is 14.7 Å². The average Bonchev–Trinajstić information content (AvgIpc) is 2.26. The summed E-state index contributed by atoms with van der Waals surface area (Å²) in [7, 11) is 1.42. The van der Waals surface area contributed by atoms with E-state index in [1.54, 1.807) is 24.3 Å². The third-order valence-corrected chi connectivity index (χ3v) is 2.90. The van der Waals surface area contributed by atoms with Crippen LogP contribution in [0.15, 0.2) is 28.7 Å². The van der Waals surface area contributed by atoms with E-state index in [1.165, 1.54) is 14.0 Å². The molecule has 0 aliphatic heterocycles. The summed E-state index contributed by atoms with van der Waals surface area (Å²) in [6.07, 6.45) is -0.247. The van der Waals surface area contributed by atoms with Crippen LogP contribution in [0.3, 0.4) is 0 Å². The lowest BCUT2D eigenvalue weighted by atomic mass is 9.88. The summed E-state index contributed by atoms with van der Waals surface area (Å²) in [6, 6.07) is 6.72. The molecule has 1 aromatic carbocycles. The van der Waals surface area contributed by atoms with Crippen molar-refractivity contribution in [3.05, 3.63) is 34.3 Å². The molecule has 0 aliphatic carbocycles.